The Morgan fingerprint density at radius 2 is 2.33 bits per heavy atom. The third-order valence-electron chi connectivity index (χ3n) is 3.77. The molecule has 0 saturated carbocycles. The minimum Gasteiger partial charge on any atom is -0.327 e. The van der Waals surface area contributed by atoms with Gasteiger partial charge in [0.2, 0.25) is 0 Å². The van der Waals surface area contributed by atoms with Crippen LogP contribution in [0, 0.1) is 5.92 Å². The number of rotatable bonds is 3. The Labute approximate surface area is 139 Å². The molecule has 6 heteroatoms. The summed E-state index contributed by atoms with van der Waals surface area (Å²) in [6.07, 6.45) is 2.39. The molecule has 0 aromatic heterocycles. The van der Waals surface area contributed by atoms with Gasteiger partial charge < -0.3 is 15.1 Å². The van der Waals surface area contributed by atoms with Crippen molar-refractivity contribution in [2.24, 2.45) is 5.92 Å². The fraction of sp³-hybridized carbons (Fsp3) is 0.533. The number of benzene rings is 1. The van der Waals surface area contributed by atoms with Crippen LogP contribution >= 0.6 is 27.5 Å². The van der Waals surface area contributed by atoms with E-state index in [2.05, 4.69) is 33.2 Å². The number of carbonyl (C=O) groups is 1. The number of nitrogens with zero attached hydrogens (tertiary/aromatic N) is 2. The summed E-state index contributed by atoms with van der Waals surface area (Å²) >= 11 is 9.47. The van der Waals surface area contributed by atoms with Crippen molar-refractivity contribution in [3.05, 3.63) is 27.7 Å². The van der Waals surface area contributed by atoms with Gasteiger partial charge in [-0.1, -0.05) is 27.5 Å². The molecule has 4 nitrogen and oxygen atoms in total. The Morgan fingerprint density at radius 1 is 1.57 bits per heavy atom. The number of hydrogen-bond donors (Lipinski definition) is 1. The Bertz CT molecular complexity index is 512. The first kappa shape index (κ1) is 16.6. The van der Waals surface area contributed by atoms with Gasteiger partial charge in [0.25, 0.3) is 0 Å². The molecule has 1 atom stereocenters. The summed E-state index contributed by atoms with van der Waals surface area (Å²) < 4.78 is 0.893. The molecule has 1 aliphatic rings. The molecule has 2 amide bonds. The maximum Gasteiger partial charge on any atom is 0.321 e. The minimum atomic E-state index is -0.118. The number of nitrogens with one attached hydrogen (secondary N) is 1. The van der Waals surface area contributed by atoms with Crippen LogP contribution in [0.1, 0.15) is 12.8 Å². The van der Waals surface area contributed by atoms with E-state index in [4.69, 9.17) is 11.6 Å². The lowest BCUT2D eigenvalue weighted by Gasteiger charge is -2.32. The Morgan fingerprint density at radius 3 is 3.00 bits per heavy atom. The summed E-state index contributed by atoms with van der Waals surface area (Å²) in [5.41, 5.74) is 0.637. The number of amides is 2. The first-order valence-corrected chi connectivity index (χ1v) is 8.28. The van der Waals surface area contributed by atoms with Crippen molar-refractivity contribution in [1.29, 1.82) is 0 Å². The van der Waals surface area contributed by atoms with Crippen LogP contribution < -0.4 is 5.32 Å². The fourth-order valence-electron chi connectivity index (χ4n) is 2.69. The van der Waals surface area contributed by atoms with Crippen LogP contribution in [0.15, 0.2) is 22.7 Å². The molecule has 21 heavy (non-hydrogen) atoms. The number of piperidine rings is 1. The smallest absolute Gasteiger partial charge is 0.321 e. The molecule has 1 aromatic carbocycles. The van der Waals surface area contributed by atoms with E-state index < -0.39 is 0 Å². The van der Waals surface area contributed by atoms with E-state index in [-0.39, 0.29) is 6.03 Å². The fourth-order valence-corrected chi connectivity index (χ4v) is 3.41. The summed E-state index contributed by atoms with van der Waals surface area (Å²) in [6, 6.07) is 5.31. The molecule has 2 rings (SSSR count). The van der Waals surface area contributed by atoms with Gasteiger partial charge in [-0.2, -0.15) is 0 Å². The standard InChI is InChI=1S/C15H21BrClN3O/c1-19-7-3-4-11(9-19)10-20(2)15(21)18-14-6-5-12(16)8-13(14)17/h5-6,8,11H,3-4,7,9-10H2,1-2H3,(H,18,21). The second-order valence-electron chi connectivity index (χ2n) is 5.71. The summed E-state index contributed by atoms with van der Waals surface area (Å²) in [5, 5.41) is 3.39. The van der Waals surface area contributed by atoms with E-state index in [1.165, 1.54) is 12.8 Å². The topological polar surface area (TPSA) is 35.6 Å². The van der Waals surface area contributed by atoms with Crippen molar-refractivity contribution in [2.75, 3.05) is 39.0 Å². The van der Waals surface area contributed by atoms with E-state index in [1.807, 2.05) is 13.1 Å². The number of urea groups is 1. The van der Waals surface area contributed by atoms with Gasteiger partial charge in [-0.05, 0) is 50.6 Å². The quantitative estimate of drug-likeness (QED) is 0.870. The van der Waals surface area contributed by atoms with Crippen LogP contribution in [0.25, 0.3) is 0 Å². The summed E-state index contributed by atoms with van der Waals surface area (Å²) in [5.74, 6) is 0.542. The zero-order valence-electron chi connectivity index (χ0n) is 12.4. The zero-order valence-corrected chi connectivity index (χ0v) is 14.7. The van der Waals surface area contributed by atoms with E-state index in [0.717, 1.165) is 24.1 Å². The van der Waals surface area contributed by atoms with Crippen molar-refractivity contribution in [3.63, 3.8) is 0 Å². The summed E-state index contributed by atoms with van der Waals surface area (Å²) in [4.78, 5) is 16.3. The minimum absolute atomic E-state index is 0.118. The van der Waals surface area contributed by atoms with Gasteiger partial charge in [-0.25, -0.2) is 4.79 Å². The van der Waals surface area contributed by atoms with Crippen molar-refractivity contribution in [3.8, 4) is 0 Å². The molecule has 1 fully saturated rings. The number of hydrogen-bond acceptors (Lipinski definition) is 2. The SMILES string of the molecule is CN1CCCC(CN(C)C(=O)Nc2ccc(Br)cc2Cl)C1. The highest BCUT2D eigenvalue weighted by atomic mass is 79.9. The lowest BCUT2D eigenvalue weighted by Crippen LogP contribution is -2.41. The summed E-state index contributed by atoms with van der Waals surface area (Å²) in [6.45, 7) is 2.97. The maximum atomic E-state index is 12.2. The lowest BCUT2D eigenvalue weighted by atomic mass is 9.98. The zero-order chi connectivity index (χ0) is 15.4. The number of carbonyl (C=O) groups excluding carboxylic acids is 1. The average molecular weight is 375 g/mol. The first-order chi connectivity index (χ1) is 9.95. The van der Waals surface area contributed by atoms with Crippen LogP contribution in [-0.4, -0.2) is 49.6 Å². The monoisotopic (exact) mass is 373 g/mol. The molecule has 0 aliphatic carbocycles. The predicted octanol–water partition coefficient (Wildman–Crippen LogP) is 3.91. The Hall–Kier alpha value is -0.780. The molecule has 1 aromatic rings. The normalized spacial score (nSPS) is 19.3. The predicted molar refractivity (Wildman–Crippen MR) is 91.0 cm³/mol. The van der Waals surface area contributed by atoms with Crippen molar-refractivity contribution >= 4 is 39.2 Å². The number of anilines is 1. The maximum absolute atomic E-state index is 12.2. The Kier molecular flexibility index (Phi) is 5.90. The van der Waals surface area contributed by atoms with Gasteiger partial charge in [0.15, 0.2) is 0 Å². The van der Waals surface area contributed by atoms with Crippen LogP contribution in [0.3, 0.4) is 0 Å². The highest BCUT2D eigenvalue weighted by molar-refractivity contribution is 9.10. The summed E-state index contributed by atoms with van der Waals surface area (Å²) in [7, 11) is 3.96. The van der Waals surface area contributed by atoms with Gasteiger partial charge in [0.05, 0.1) is 10.7 Å². The second-order valence-corrected chi connectivity index (χ2v) is 7.03. The van der Waals surface area contributed by atoms with Gasteiger partial charge in [-0.3, -0.25) is 0 Å². The van der Waals surface area contributed by atoms with Crippen LogP contribution in [0.2, 0.25) is 5.02 Å². The highest BCUT2D eigenvalue weighted by Gasteiger charge is 2.21. The van der Waals surface area contributed by atoms with Gasteiger partial charge in [0.1, 0.15) is 0 Å². The number of halogens is 2. The lowest BCUT2D eigenvalue weighted by molar-refractivity contribution is 0.170. The van der Waals surface area contributed by atoms with Crippen LogP contribution in [-0.2, 0) is 0 Å². The largest absolute Gasteiger partial charge is 0.327 e. The van der Waals surface area contributed by atoms with E-state index in [1.54, 1.807) is 17.0 Å². The van der Waals surface area contributed by atoms with Gasteiger partial charge in [0, 0.05) is 24.6 Å². The second kappa shape index (κ2) is 7.47. The van der Waals surface area contributed by atoms with Crippen molar-refractivity contribution in [2.45, 2.75) is 12.8 Å². The van der Waals surface area contributed by atoms with Crippen molar-refractivity contribution < 1.29 is 4.79 Å². The molecule has 1 unspecified atom stereocenters. The van der Waals surface area contributed by atoms with Crippen molar-refractivity contribution in [1.82, 2.24) is 9.80 Å². The van der Waals surface area contributed by atoms with Gasteiger partial charge >= 0.3 is 6.03 Å². The number of likely N-dealkylation sites (tertiary alicyclic amines) is 1. The first-order valence-electron chi connectivity index (χ1n) is 7.11. The molecule has 0 bridgehead atoms. The third-order valence-corrected chi connectivity index (χ3v) is 4.58. The van der Waals surface area contributed by atoms with E-state index in [0.29, 0.717) is 16.6 Å². The highest BCUT2D eigenvalue weighted by Crippen LogP contribution is 2.26. The molecular weight excluding hydrogens is 354 g/mol. The van der Waals surface area contributed by atoms with E-state index in [9.17, 15) is 4.79 Å². The third kappa shape index (κ3) is 4.87. The van der Waals surface area contributed by atoms with Crippen LogP contribution in [0.5, 0.6) is 0 Å². The van der Waals surface area contributed by atoms with E-state index >= 15 is 0 Å². The molecule has 0 radical (unpaired) electrons. The van der Waals surface area contributed by atoms with Gasteiger partial charge in [-0.15, -0.1) is 0 Å². The molecule has 1 heterocycles. The van der Waals surface area contributed by atoms with Crippen LogP contribution in [0.4, 0.5) is 10.5 Å². The molecule has 1 aliphatic heterocycles. The molecular formula is C15H21BrClN3O. The molecule has 116 valence electrons. The molecule has 0 spiro atoms. The molecule has 1 N–H and O–H groups in total. The Balaban J connectivity index is 1.90. The molecule has 1 saturated heterocycles. The average Bonchev–Trinajstić information content (AvgIpc) is 2.41.